The molecule has 0 radical (unpaired) electrons. The monoisotopic (exact) mass is 288 g/mol. The molecule has 1 aromatic carbocycles. The molecule has 4 nitrogen and oxygen atoms in total. The maximum atomic E-state index is 11.6. The number of rotatable bonds is 7. The summed E-state index contributed by atoms with van der Waals surface area (Å²) < 4.78 is 0. The van der Waals surface area contributed by atoms with Crippen molar-refractivity contribution in [3.63, 3.8) is 0 Å². The fourth-order valence-corrected chi connectivity index (χ4v) is 2.04. The van der Waals surface area contributed by atoms with Crippen LogP contribution in [0, 0.1) is 17.2 Å². The van der Waals surface area contributed by atoms with Gasteiger partial charge in [-0.2, -0.15) is 5.26 Å². The van der Waals surface area contributed by atoms with Crippen LogP contribution in [0.15, 0.2) is 18.2 Å². The number of nitrogens with zero attached hydrogens (tertiary/aromatic N) is 1. The van der Waals surface area contributed by atoms with Crippen molar-refractivity contribution in [1.82, 2.24) is 0 Å². The van der Waals surface area contributed by atoms with Crippen LogP contribution in [0.4, 0.5) is 5.69 Å². The zero-order chi connectivity index (χ0) is 16.0. The highest BCUT2D eigenvalue weighted by molar-refractivity contribution is 5.99. The van der Waals surface area contributed by atoms with Gasteiger partial charge < -0.3 is 10.4 Å². The lowest BCUT2D eigenvalue weighted by atomic mass is 9.95. The smallest absolute Gasteiger partial charge is 0.161 e. The molecule has 0 saturated heterocycles. The summed E-state index contributed by atoms with van der Waals surface area (Å²) in [5, 5.41) is 22.4. The van der Waals surface area contributed by atoms with Crippen molar-refractivity contribution < 1.29 is 9.90 Å². The molecule has 1 rings (SSSR count). The fraction of sp³-hybridized carbons (Fsp3) is 0.529. The van der Waals surface area contributed by atoms with Crippen molar-refractivity contribution in [2.75, 3.05) is 11.9 Å². The average Bonchev–Trinajstić information content (AvgIpc) is 2.42. The quantitative estimate of drug-likeness (QED) is 0.755. The van der Waals surface area contributed by atoms with E-state index in [2.05, 4.69) is 25.2 Å². The highest BCUT2D eigenvalue weighted by atomic mass is 16.3. The lowest BCUT2D eigenvalue weighted by molar-refractivity contribution is 0.0585. The first-order valence-corrected chi connectivity index (χ1v) is 7.26. The van der Waals surface area contributed by atoms with Gasteiger partial charge in [-0.15, -0.1) is 0 Å². The lowest BCUT2D eigenvalue weighted by Crippen LogP contribution is -2.34. The van der Waals surface area contributed by atoms with Gasteiger partial charge in [0.15, 0.2) is 5.78 Å². The number of benzene rings is 1. The lowest BCUT2D eigenvalue weighted by Gasteiger charge is -2.25. The molecular formula is C17H24N2O2. The molecule has 1 unspecified atom stereocenters. The summed E-state index contributed by atoms with van der Waals surface area (Å²) >= 11 is 0. The molecule has 1 aromatic rings. The standard InChI is InChI=1S/C17H24N2O2/c1-12(2)7-8-17(4,21)11-19-16-9-14(10-18)5-6-15(16)13(3)20/h5-6,9,12,19,21H,7-8,11H2,1-4H3. The number of hydrogen-bond acceptors (Lipinski definition) is 4. The summed E-state index contributed by atoms with van der Waals surface area (Å²) in [7, 11) is 0. The third kappa shape index (κ3) is 5.57. The SMILES string of the molecule is CC(=O)c1ccc(C#N)cc1NCC(C)(O)CCC(C)C. The van der Waals surface area contributed by atoms with Crippen LogP contribution >= 0.6 is 0 Å². The molecule has 0 aliphatic heterocycles. The van der Waals surface area contributed by atoms with Gasteiger partial charge in [0.2, 0.25) is 0 Å². The molecule has 0 bridgehead atoms. The Hall–Kier alpha value is -1.86. The Labute approximate surface area is 126 Å². The van der Waals surface area contributed by atoms with Gasteiger partial charge in [-0.05, 0) is 50.8 Å². The maximum absolute atomic E-state index is 11.6. The topological polar surface area (TPSA) is 73.1 Å². The van der Waals surface area contributed by atoms with Crippen LogP contribution in [0.2, 0.25) is 0 Å². The molecule has 0 heterocycles. The minimum Gasteiger partial charge on any atom is -0.388 e. The van der Waals surface area contributed by atoms with Crippen molar-refractivity contribution in [2.24, 2.45) is 5.92 Å². The Morgan fingerprint density at radius 2 is 2.14 bits per heavy atom. The Morgan fingerprint density at radius 1 is 1.48 bits per heavy atom. The number of anilines is 1. The number of carbonyl (C=O) groups excluding carboxylic acids is 1. The van der Waals surface area contributed by atoms with E-state index < -0.39 is 5.60 Å². The molecule has 0 spiro atoms. The molecule has 1 atom stereocenters. The highest BCUT2D eigenvalue weighted by Gasteiger charge is 2.21. The summed E-state index contributed by atoms with van der Waals surface area (Å²) in [6, 6.07) is 6.97. The Kier molecular flexibility index (Phi) is 5.92. The number of ketones is 1. The molecule has 0 aliphatic carbocycles. The van der Waals surface area contributed by atoms with Crippen LogP contribution in [0.1, 0.15) is 56.5 Å². The first kappa shape index (κ1) is 17.2. The van der Waals surface area contributed by atoms with Crippen molar-refractivity contribution in [2.45, 2.75) is 46.1 Å². The number of nitrogens with one attached hydrogen (secondary N) is 1. The van der Waals surface area contributed by atoms with E-state index in [-0.39, 0.29) is 5.78 Å². The second-order valence-electron chi connectivity index (χ2n) is 6.21. The van der Waals surface area contributed by atoms with Crippen molar-refractivity contribution in [1.29, 1.82) is 5.26 Å². The number of nitriles is 1. The third-order valence-corrected chi connectivity index (χ3v) is 3.45. The first-order chi connectivity index (χ1) is 9.75. The minimum absolute atomic E-state index is 0.0659. The van der Waals surface area contributed by atoms with Crippen LogP contribution in [0.5, 0.6) is 0 Å². The van der Waals surface area contributed by atoms with Crippen molar-refractivity contribution in [3.05, 3.63) is 29.3 Å². The number of carbonyl (C=O) groups is 1. The van der Waals surface area contributed by atoms with E-state index in [1.807, 2.05) is 0 Å². The average molecular weight is 288 g/mol. The van der Waals surface area contributed by atoms with Gasteiger partial charge >= 0.3 is 0 Å². The summed E-state index contributed by atoms with van der Waals surface area (Å²) in [6.07, 6.45) is 1.62. The van der Waals surface area contributed by atoms with E-state index in [9.17, 15) is 9.90 Å². The third-order valence-electron chi connectivity index (χ3n) is 3.45. The number of aliphatic hydroxyl groups is 1. The van der Waals surface area contributed by atoms with Gasteiger partial charge in [-0.1, -0.05) is 13.8 Å². The van der Waals surface area contributed by atoms with Crippen molar-refractivity contribution in [3.8, 4) is 6.07 Å². The van der Waals surface area contributed by atoms with Gasteiger partial charge in [0.1, 0.15) is 0 Å². The van der Waals surface area contributed by atoms with E-state index in [0.717, 1.165) is 6.42 Å². The fourth-order valence-electron chi connectivity index (χ4n) is 2.04. The Bertz CT molecular complexity index is 542. The Balaban J connectivity index is 2.82. The van der Waals surface area contributed by atoms with Gasteiger partial charge in [-0.25, -0.2) is 0 Å². The highest BCUT2D eigenvalue weighted by Crippen LogP contribution is 2.21. The van der Waals surface area contributed by atoms with Gasteiger partial charge in [0.25, 0.3) is 0 Å². The van der Waals surface area contributed by atoms with Crippen LogP contribution in [-0.2, 0) is 0 Å². The van der Waals surface area contributed by atoms with Crippen LogP contribution in [0.25, 0.3) is 0 Å². The van der Waals surface area contributed by atoms with Gasteiger partial charge in [0.05, 0.1) is 17.2 Å². The normalized spacial score (nSPS) is 13.6. The van der Waals surface area contributed by atoms with Crippen molar-refractivity contribution >= 4 is 11.5 Å². The van der Waals surface area contributed by atoms with Crippen LogP contribution in [-0.4, -0.2) is 23.0 Å². The maximum Gasteiger partial charge on any atom is 0.161 e. The van der Waals surface area contributed by atoms with Crippen LogP contribution < -0.4 is 5.32 Å². The molecule has 4 heteroatoms. The molecule has 0 aliphatic rings. The van der Waals surface area contributed by atoms with E-state index in [0.29, 0.717) is 35.7 Å². The molecule has 2 N–H and O–H groups in total. The summed E-state index contributed by atoms with van der Waals surface area (Å²) in [5.41, 5.74) is 0.783. The van der Waals surface area contributed by atoms with E-state index >= 15 is 0 Å². The summed E-state index contributed by atoms with van der Waals surface area (Å²) in [6.45, 7) is 7.85. The molecular weight excluding hydrogens is 264 g/mol. The minimum atomic E-state index is -0.846. The molecule has 0 amide bonds. The molecule has 0 aromatic heterocycles. The van der Waals surface area contributed by atoms with E-state index in [1.54, 1.807) is 25.1 Å². The zero-order valence-electron chi connectivity index (χ0n) is 13.2. The molecule has 0 saturated carbocycles. The number of Topliss-reactive ketones (excluding diaryl/α,β-unsaturated/α-hetero) is 1. The second kappa shape index (κ2) is 7.24. The molecule has 114 valence electrons. The molecule has 0 fully saturated rings. The summed E-state index contributed by atoms with van der Waals surface area (Å²) in [5.74, 6) is 0.468. The zero-order valence-corrected chi connectivity index (χ0v) is 13.2. The van der Waals surface area contributed by atoms with Crippen LogP contribution in [0.3, 0.4) is 0 Å². The first-order valence-electron chi connectivity index (χ1n) is 7.26. The van der Waals surface area contributed by atoms with Gasteiger partial charge in [0, 0.05) is 17.8 Å². The predicted molar refractivity (Wildman–Crippen MR) is 84.3 cm³/mol. The Morgan fingerprint density at radius 3 is 2.67 bits per heavy atom. The van der Waals surface area contributed by atoms with E-state index in [1.165, 1.54) is 6.92 Å². The van der Waals surface area contributed by atoms with E-state index in [4.69, 9.17) is 5.26 Å². The summed E-state index contributed by atoms with van der Waals surface area (Å²) in [4.78, 5) is 11.6. The van der Waals surface area contributed by atoms with Gasteiger partial charge in [-0.3, -0.25) is 4.79 Å². The predicted octanol–water partition coefficient (Wildman–Crippen LogP) is 3.36. The second-order valence-corrected chi connectivity index (χ2v) is 6.21. The largest absolute Gasteiger partial charge is 0.388 e. The number of hydrogen-bond donors (Lipinski definition) is 2. The molecule has 21 heavy (non-hydrogen) atoms.